The highest BCUT2D eigenvalue weighted by atomic mass is 32.2. The Hall–Kier alpha value is -3.95. The molecule has 0 N–H and O–H groups in total. The van der Waals surface area contributed by atoms with Gasteiger partial charge in [0, 0.05) is 61.8 Å². The Morgan fingerprint density at radius 2 is 1.69 bits per heavy atom. The average Bonchev–Trinajstić information content (AvgIpc) is 3.28. The van der Waals surface area contributed by atoms with Gasteiger partial charge in [0.25, 0.3) is 10.0 Å². The molecule has 0 amide bonds. The van der Waals surface area contributed by atoms with E-state index in [4.69, 9.17) is 4.98 Å². The summed E-state index contributed by atoms with van der Waals surface area (Å²) in [5, 5.41) is 0.938. The number of nitrogens with zero attached hydrogens (tertiary/aromatic N) is 6. The zero-order valence-corrected chi connectivity index (χ0v) is 19.6. The third-order valence-electron chi connectivity index (χ3n) is 6.29. The van der Waals surface area contributed by atoms with Gasteiger partial charge >= 0.3 is 0 Å². The monoisotopic (exact) mass is 482 g/mol. The molecule has 1 aliphatic rings. The topological polar surface area (TPSA) is 93.9 Å². The van der Waals surface area contributed by atoms with Crippen LogP contribution in [-0.4, -0.2) is 43.8 Å². The lowest BCUT2D eigenvalue weighted by atomic mass is 10.1. The van der Waals surface area contributed by atoms with Gasteiger partial charge in [0.1, 0.15) is 6.33 Å². The summed E-state index contributed by atoms with van der Waals surface area (Å²) < 4.78 is 28.2. The van der Waals surface area contributed by atoms with E-state index >= 15 is 0 Å². The van der Waals surface area contributed by atoms with Crippen LogP contribution in [0.25, 0.3) is 22.3 Å². The Labute approximate surface area is 203 Å². The molecule has 0 saturated carbocycles. The maximum absolute atomic E-state index is 13.4. The van der Waals surface area contributed by atoms with E-state index in [1.807, 2.05) is 36.5 Å². The zero-order valence-electron chi connectivity index (χ0n) is 18.8. The lowest BCUT2D eigenvalue weighted by Gasteiger charge is -2.27. The molecule has 9 heteroatoms. The van der Waals surface area contributed by atoms with Crippen LogP contribution in [-0.2, 0) is 29.5 Å². The van der Waals surface area contributed by atoms with E-state index in [0.717, 1.165) is 40.7 Å². The van der Waals surface area contributed by atoms with Crippen molar-refractivity contribution in [3.8, 4) is 11.4 Å². The van der Waals surface area contributed by atoms with E-state index in [9.17, 15) is 8.42 Å². The number of hydrogen-bond acceptors (Lipinski definition) is 7. The van der Waals surface area contributed by atoms with Gasteiger partial charge in [0.2, 0.25) is 0 Å². The molecule has 2 aromatic carbocycles. The van der Waals surface area contributed by atoms with Crippen LogP contribution in [0.5, 0.6) is 0 Å². The largest absolute Gasteiger partial charge is 0.294 e. The number of fused-ring (bicyclic) bond motifs is 2. The van der Waals surface area contributed by atoms with Crippen molar-refractivity contribution in [3.05, 3.63) is 103 Å². The number of aromatic nitrogens is 5. The predicted molar refractivity (Wildman–Crippen MR) is 132 cm³/mol. The Kier molecular flexibility index (Phi) is 5.35. The standard InChI is InChI=1S/C26H22N6O2S/c33-35(34,22-6-2-1-3-7-22)32-17-21(23-8-4-5-9-25(23)32)16-31-11-10-24-20(15-31)14-29-26(30-24)19-12-27-18-28-13-19/h1-9,12-14,17-18H,10-11,15-16H2. The Bertz CT molecular complexity index is 1620. The summed E-state index contributed by atoms with van der Waals surface area (Å²) in [7, 11) is -3.70. The van der Waals surface area contributed by atoms with Gasteiger partial charge in [-0.15, -0.1) is 0 Å². The molecule has 1 aliphatic heterocycles. The van der Waals surface area contributed by atoms with Crippen LogP contribution in [0.1, 0.15) is 16.8 Å². The highest BCUT2D eigenvalue weighted by Crippen LogP contribution is 2.28. The Balaban J connectivity index is 1.30. The summed E-state index contributed by atoms with van der Waals surface area (Å²) in [5.74, 6) is 0.631. The van der Waals surface area contributed by atoms with E-state index in [1.165, 1.54) is 10.3 Å². The molecule has 0 bridgehead atoms. The van der Waals surface area contributed by atoms with Gasteiger partial charge in [0.15, 0.2) is 5.82 Å². The van der Waals surface area contributed by atoms with Crippen molar-refractivity contribution in [1.29, 1.82) is 0 Å². The van der Waals surface area contributed by atoms with Crippen LogP contribution in [0, 0.1) is 0 Å². The van der Waals surface area contributed by atoms with Gasteiger partial charge < -0.3 is 0 Å². The summed E-state index contributed by atoms with van der Waals surface area (Å²) >= 11 is 0. The minimum absolute atomic E-state index is 0.274. The number of para-hydroxylation sites is 1. The maximum Gasteiger partial charge on any atom is 0.268 e. The number of benzene rings is 2. The molecule has 35 heavy (non-hydrogen) atoms. The zero-order chi connectivity index (χ0) is 23.8. The minimum Gasteiger partial charge on any atom is -0.294 e. The molecule has 0 fully saturated rings. The summed E-state index contributed by atoms with van der Waals surface area (Å²) in [6.07, 6.45) is 9.34. The van der Waals surface area contributed by atoms with Crippen LogP contribution >= 0.6 is 0 Å². The first-order valence-electron chi connectivity index (χ1n) is 11.3. The molecule has 0 radical (unpaired) electrons. The van der Waals surface area contributed by atoms with Crippen molar-refractivity contribution < 1.29 is 8.42 Å². The van der Waals surface area contributed by atoms with Crippen molar-refractivity contribution >= 4 is 20.9 Å². The van der Waals surface area contributed by atoms with E-state index in [-0.39, 0.29) is 4.90 Å². The van der Waals surface area contributed by atoms with Gasteiger partial charge in [-0.25, -0.2) is 32.3 Å². The molecule has 4 heterocycles. The summed E-state index contributed by atoms with van der Waals surface area (Å²) in [6, 6.07) is 16.2. The molecule has 0 saturated heterocycles. The first-order valence-corrected chi connectivity index (χ1v) is 12.8. The van der Waals surface area contributed by atoms with Crippen molar-refractivity contribution in [3.63, 3.8) is 0 Å². The van der Waals surface area contributed by atoms with E-state index < -0.39 is 10.0 Å². The van der Waals surface area contributed by atoms with Crippen molar-refractivity contribution in [2.24, 2.45) is 0 Å². The van der Waals surface area contributed by atoms with Crippen molar-refractivity contribution in [1.82, 2.24) is 28.8 Å². The molecule has 0 atom stereocenters. The Morgan fingerprint density at radius 3 is 2.51 bits per heavy atom. The number of rotatable bonds is 5. The smallest absolute Gasteiger partial charge is 0.268 e. The molecule has 5 aromatic rings. The van der Waals surface area contributed by atoms with Crippen LogP contribution in [0.4, 0.5) is 0 Å². The normalized spacial score (nSPS) is 14.2. The van der Waals surface area contributed by atoms with Gasteiger partial charge in [-0.2, -0.15) is 0 Å². The fourth-order valence-electron chi connectivity index (χ4n) is 4.55. The molecular formula is C26H22N6O2S. The summed E-state index contributed by atoms with van der Waals surface area (Å²) in [6.45, 7) is 2.15. The molecule has 0 aliphatic carbocycles. The average molecular weight is 483 g/mol. The molecular weight excluding hydrogens is 460 g/mol. The third kappa shape index (κ3) is 3.98. The van der Waals surface area contributed by atoms with Crippen LogP contribution in [0.2, 0.25) is 0 Å². The lowest BCUT2D eigenvalue weighted by Crippen LogP contribution is -2.31. The quantitative estimate of drug-likeness (QED) is 0.377. The van der Waals surface area contributed by atoms with Crippen LogP contribution < -0.4 is 0 Å². The number of hydrogen-bond donors (Lipinski definition) is 0. The highest BCUT2D eigenvalue weighted by molar-refractivity contribution is 7.90. The molecule has 0 unspecified atom stereocenters. The van der Waals surface area contributed by atoms with E-state index in [1.54, 1.807) is 42.9 Å². The predicted octanol–water partition coefficient (Wildman–Crippen LogP) is 3.68. The second kappa shape index (κ2) is 8.68. The van der Waals surface area contributed by atoms with Gasteiger partial charge in [0.05, 0.1) is 21.7 Å². The summed E-state index contributed by atoms with van der Waals surface area (Å²) in [5.41, 5.74) is 4.57. The molecule has 8 nitrogen and oxygen atoms in total. The minimum atomic E-state index is -3.70. The molecule has 6 rings (SSSR count). The second-order valence-corrected chi connectivity index (χ2v) is 10.4. The fourth-order valence-corrected chi connectivity index (χ4v) is 5.97. The van der Waals surface area contributed by atoms with Crippen LogP contribution in [0.3, 0.4) is 0 Å². The third-order valence-corrected chi connectivity index (χ3v) is 7.97. The van der Waals surface area contributed by atoms with Crippen molar-refractivity contribution in [2.75, 3.05) is 6.54 Å². The van der Waals surface area contributed by atoms with Gasteiger partial charge in [-0.3, -0.25) is 4.90 Å². The summed E-state index contributed by atoms with van der Waals surface area (Å²) in [4.78, 5) is 19.9. The van der Waals surface area contributed by atoms with Crippen molar-refractivity contribution in [2.45, 2.75) is 24.4 Å². The molecule has 0 spiro atoms. The van der Waals surface area contributed by atoms with Crippen LogP contribution in [0.15, 0.2) is 90.6 Å². The van der Waals surface area contributed by atoms with Gasteiger partial charge in [-0.05, 0) is 23.8 Å². The molecule has 3 aromatic heterocycles. The van der Waals surface area contributed by atoms with E-state index in [0.29, 0.717) is 24.4 Å². The van der Waals surface area contributed by atoms with Gasteiger partial charge in [-0.1, -0.05) is 36.4 Å². The Morgan fingerprint density at radius 1 is 0.914 bits per heavy atom. The highest BCUT2D eigenvalue weighted by Gasteiger charge is 2.24. The fraction of sp³-hybridized carbons (Fsp3) is 0.154. The van der Waals surface area contributed by atoms with E-state index in [2.05, 4.69) is 19.9 Å². The lowest BCUT2D eigenvalue weighted by molar-refractivity contribution is 0.244. The first kappa shape index (κ1) is 21.6. The SMILES string of the molecule is O=S(=O)(c1ccccc1)n1cc(CN2CCc3nc(-c4cncnc4)ncc3C2)c2ccccc21. The molecule has 174 valence electrons. The second-order valence-electron chi connectivity index (χ2n) is 8.54. The first-order chi connectivity index (χ1) is 17.1. The maximum atomic E-state index is 13.4.